The van der Waals surface area contributed by atoms with E-state index in [1.165, 1.54) is 0 Å². The third-order valence-electron chi connectivity index (χ3n) is 0.943. The molecular weight excluding hydrogens is 119 g/mol. The van der Waals surface area contributed by atoms with E-state index >= 15 is 0 Å². The summed E-state index contributed by atoms with van der Waals surface area (Å²) in [5.41, 5.74) is 0. The van der Waals surface area contributed by atoms with Crippen LogP contribution in [0.1, 0.15) is 6.92 Å². The van der Waals surface area contributed by atoms with Gasteiger partial charge in [0.2, 0.25) is 0 Å². The van der Waals surface area contributed by atoms with Crippen molar-refractivity contribution in [3.63, 3.8) is 0 Å². The minimum atomic E-state index is -1.10. The fraction of sp³-hybridized carbons (Fsp3) is 0.750. The molecule has 0 bridgehead atoms. The second-order valence-corrected chi connectivity index (χ2v) is 1.58. The van der Waals surface area contributed by atoms with E-state index in [1.54, 1.807) is 6.92 Å². The Morgan fingerprint density at radius 1 is 1.75 bits per heavy atom. The monoisotopic (exact) mass is 124 g/mol. The molecule has 8 heavy (non-hydrogen) atoms. The fourth-order valence-electron chi connectivity index (χ4n) is 0.433. The molecule has 40 valence electrons. The number of hydrogen-bond donors (Lipinski definition) is 0. The molecule has 4 heteroatoms. The Hall–Kier alpha value is 0.430. The quantitative estimate of drug-likeness (QED) is 0.261. The summed E-state index contributed by atoms with van der Waals surface area (Å²) in [6.45, 7) is 1.69. The zero-order chi connectivity index (χ0) is 5.44. The second-order valence-electron chi connectivity index (χ2n) is 1.58. The first-order valence-electron chi connectivity index (χ1n) is 2.08. The predicted octanol–water partition coefficient (Wildman–Crippen LogP) is -4.47. The molecule has 1 saturated heterocycles. The number of carbonyl (C=O) groups is 1. The Labute approximate surface area is 69.3 Å². The van der Waals surface area contributed by atoms with Gasteiger partial charge in [0, 0.05) is 0 Å². The molecule has 3 nitrogen and oxygen atoms in total. The van der Waals surface area contributed by atoms with Gasteiger partial charge in [0.15, 0.2) is 0 Å². The maximum absolute atomic E-state index is 9.74. The normalized spacial score (nSPS) is 33.1. The molecule has 0 amide bonds. The number of ether oxygens (including phenoxy) is 1. The van der Waals surface area contributed by atoms with Crippen molar-refractivity contribution in [1.29, 1.82) is 0 Å². The van der Waals surface area contributed by atoms with Crippen molar-refractivity contribution in [2.75, 3.05) is 0 Å². The van der Waals surface area contributed by atoms with Gasteiger partial charge < -0.3 is 14.6 Å². The van der Waals surface area contributed by atoms with Crippen molar-refractivity contribution in [3.8, 4) is 0 Å². The van der Waals surface area contributed by atoms with Crippen LogP contribution in [0, 0.1) is 0 Å². The van der Waals surface area contributed by atoms with Gasteiger partial charge in [-0.15, -0.1) is 0 Å². The maximum Gasteiger partial charge on any atom is 1.00 e. The van der Waals surface area contributed by atoms with Gasteiger partial charge in [0.1, 0.15) is 6.10 Å². The fourth-order valence-corrected chi connectivity index (χ4v) is 0.433. The average Bonchev–Trinajstić information content (AvgIpc) is 2.17. The molecule has 0 aromatic rings. The van der Waals surface area contributed by atoms with Crippen LogP contribution in [0.5, 0.6) is 0 Å². The van der Waals surface area contributed by atoms with E-state index < -0.39 is 12.1 Å². The number of carbonyl (C=O) groups excluding carboxylic acids is 1. The zero-order valence-corrected chi connectivity index (χ0v) is 6.88. The number of carboxylic acid groups (broad SMARTS) is 1. The van der Waals surface area contributed by atoms with Crippen molar-refractivity contribution < 1.29 is 44.2 Å². The van der Waals surface area contributed by atoms with Crippen LogP contribution in [0.2, 0.25) is 0 Å². The van der Waals surface area contributed by atoms with Crippen LogP contribution < -0.4 is 34.7 Å². The smallest absolute Gasteiger partial charge is 0.547 e. The largest absolute Gasteiger partial charge is 1.00 e. The number of carboxylic acids is 1. The Balaban J connectivity index is 0.000000490. The van der Waals surface area contributed by atoms with Gasteiger partial charge in [0.25, 0.3) is 0 Å². The summed E-state index contributed by atoms with van der Waals surface area (Å²) in [7, 11) is 0. The molecule has 0 saturated carbocycles. The summed E-state index contributed by atoms with van der Waals surface area (Å²) in [5, 5.41) is 9.74. The third kappa shape index (κ3) is 1.74. The van der Waals surface area contributed by atoms with Crippen molar-refractivity contribution in [3.05, 3.63) is 0 Å². The van der Waals surface area contributed by atoms with Crippen molar-refractivity contribution >= 4 is 5.97 Å². The van der Waals surface area contributed by atoms with Crippen LogP contribution in [0.4, 0.5) is 0 Å². The van der Waals surface area contributed by atoms with Gasteiger partial charge in [-0.25, -0.2) is 0 Å². The van der Waals surface area contributed by atoms with E-state index in [1.807, 2.05) is 0 Å². The first-order chi connectivity index (χ1) is 3.22. The Kier molecular flexibility index (Phi) is 2.98. The summed E-state index contributed by atoms with van der Waals surface area (Å²) in [5.74, 6) is -1.10. The van der Waals surface area contributed by atoms with Gasteiger partial charge in [-0.1, -0.05) is 0 Å². The minimum Gasteiger partial charge on any atom is -0.547 e. The molecular formula is C4H5NaO3. The summed E-state index contributed by atoms with van der Waals surface area (Å²) in [4.78, 5) is 9.74. The van der Waals surface area contributed by atoms with E-state index in [2.05, 4.69) is 4.74 Å². The predicted molar refractivity (Wildman–Crippen MR) is 19.3 cm³/mol. The number of aliphatic carboxylic acids is 1. The summed E-state index contributed by atoms with van der Waals surface area (Å²) in [6.07, 6.45) is -0.745. The van der Waals surface area contributed by atoms with Crippen molar-refractivity contribution in [2.24, 2.45) is 0 Å². The maximum atomic E-state index is 9.74. The molecule has 0 aliphatic carbocycles. The Morgan fingerprint density at radius 3 is 2.12 bits per heavy atom. The van der Waals surface area contributed by atoms with Gasteiger partial charge in [-0.2, -0.15) is 0 Å². The van der Waals surface area contributed by atoms with E-state index in [0.29, 0.717) is 0 Å². The summed E-state index contributed by atoms with van der Waals surface area (Å²) >= 11 is 0. The first kappa shape index (κ1) is 8.43. The molecule has 0 spiro atoms. The van der Waals surface area contributed by atoms with Gasteiger partial charge >= 0.3 is 29.6 Å². The van der Waals surface area contributed by atoms with E-state index in [4.69, 9.17) is 0 Å². The van der Waals surface area contributed by atoms with Crippen LogP contribution in [0.25, 0.3) is 0 Å². The summed E-state index contributed by atoms with van der Waals surface area (Å²) in [6, 6.07) is 0. The van der Waals surface area contributed by atoms with Crippen LogP contribution in [-0.2, 0) is 9.53 Å². The van der Waals surface area contributed by atoms with Gasteiger partial charge in [-0.3, -0.25) is 0 Å². The molecule has 0 unspecified atom stereocenters. The third-order valence-corrected chi connectivity index (χ3v) is 0.943. The SMILES string of the molecule is C[C@H]1O[C@@H]1C(=O)[O-].[Na+]. The van der Waals surface area contributed by atoms with Crippen LogP contribution >= 0.6 is 0 Å². The molecule has 1 aliphatic rings. The van der Waals surface area contributed by atoms with Gasteiger partial charge in [-0.05, 0) is 6.92 Å². The molecule has 0 radical (unpaired) electrons. The standard InChI is InChI=1S/C4H6O3.Na/c1-2-3(7-2)4(5)6;/h2-3H,1H3,(H,5,6);/q;+1/p-1/t2-,3+;/m1./s1. The van der Waals surface area contributed by atoms with Crippen LogP contribution in [0.15, 0.2) is 0 Å². The molecule has 1 fully saturated rings. The summed E-state index contributed by atoms with van der Waals surface area (Å²) < 4.78 is 4.52. The van der Waals surface area contributed by atoms with Crippen molar-refractivity contribution in [2.45, 2.75) is 19.1 Å². The second kappa shape index (κ2) is 2.82. The number of rotatable bonds is 1. The zero-order valence-electron chi connectivity index (χ0n) is 4.88. The topological polar surface area (TPSA) is 52.7 Å². The average molecular weight is 124 g/mol. The minimum absolute atomic E-state index is 0. The molecule has 0 aromatic carbocycles. The molecule has 0 N–H and O–H groups in total. The Bertz CT molecular complexity index is 103. The molecule has 1 heterocycles. The number of hydrogen-bond acceptors (Lipinski definition) is 3. The number of epoxide rings is 1. The Morgan fingerprint density at radius 2 is 2.12 bits per heavy atom. The van der Waals surface area contributed by atoms with E-state index in [-0.39, 0.29) is 35.7 Å². The molecule has 0 aromatic heterocycles. The van der Waals surface area contributed by atoms with E-state index in [0.717, 1.165) is 0 Å². The first-order valence-corrected chi connectivity index (χ1v) is 2.08. The van der Waals surface area contributed by atoms with Gasteiger partial charge in [0.05, 0.1) is 12.1 Å². The molecule has 2 atom stereocenters. The van der Waals surface area contributed by atoms with E-state index in [9.17, 15) is 9.90 Å². The van der Waals surface area contributed by atoms with Crippen LogP contribution in [-0.4, -0.2) is 18.2 Å². The van der Waals surface area contributed by atoms with Crippen LogP contribution in [0.3, 0.4) is 0 Å². The van der Waals surface area contributed by atoms with Crippen molar-refractivity contribution in [1.82, 2.24) is 0 Å². The molecule has 1 aliphatic heterocycles. The molecule has 1 rings (SSSR count).